The van der Waals surface area contributed by atoms with E-state index in [1.165, 1.54) is 37.2 Å². The van der Waals surface area contributed by atoms with Crippen LogP contribution in [0.1, 0.15) is 33.8 Å². The van der Waals surface area contributed by atoms with Crippen LogP contribution >= 0.6 is 11.3 Å². The quantitative estimate of drug-likeness (QED) is 0.676. The first-order valence-corrected chi connectivity index (χ1v) is 10.5. The number of amides is 2. The number of likely N-dealkylation sites (N-methyl/N-ethyl adjacent to an activating group) is 1. The maximum absolute atomic E-state index is 12.7. The SMILES string of the molecule is CN(CCN1CCCCC1)C(=O)c1ccc(CN2CCN(C=O)CC2)s1. The highest BCUT2D eigenvalue weighted by Crippen LogP contribution is 2.20. The summed E-state index contributed by atoms with van der Waals surface area (Å²) in [5.74, 6) is 0.129. The highest BCUT2D eigenvalue weighted by molar-refractivity contribution is 7.14. The molecule has 0 aliphatic carbocycles. The molecule has 2 fully saturated rings. The lowest BCUT2D eigenvalue weighted by molar-refractivity contribution is -0.119. The van der Waals surface area contributed by atoms with Gasteiger partial charge in [0.15, 0.2) is 0 Å². The number of hydrogen-bond donors (Lipinski definition) is 0. The van der Waals surface area contributed by atoms with Gasteiger partial charge in [0.2, 0.25) is 6.41 Å². The van der Waals surface area contributed by atoms with E-state index in [9.17, 15) is 9.59 Å². The Hall–Kier alpha value is -1.44. The molecule has 3 heterocycles. The van der Waals surface area contributed by atoms with E-state index in [0.29, 0.717) is 0 Å². The molecule has 0 atom stereocenters. The molecule has 1 aromatic rings. The lowest BCUT2D eigenvalue weighted by Gasteiger charge is -2.32. The molecule has 0 radical (unpaired) electrons. The molecule has 2 saturated heterocycles. The van der Waals surface area contributed by atoms with Crippen molar-refractivity contribution in [2.45, 2.75) is 25.8 Å². The summed E-state index contributed by atoms with van der Waals surface area (Å²) in [7, 11) is 1.91. The van der Waals surface area contributed by atoms with Gasteiger partial charge in [-0.1, -0.05) is 6.42 Å². The van der Waals surface area contributed by atoms with Crippen molar-refractivity contribution in [3.63, 3.8) is 0 Å². The van der Waals surface area contributed by atoms with Crippen LogP contribution in [-0.4, -0.2) is 91.3 Å². The zero-order chi connectivity index (χ0) is 18.4. The van der Waals surface area contributed by atoms with E-state index in [1.807, 2.05) is 22.9 Å². The van der Waals surface area contributed by atoms with Gasteiger partial charge in [0.05, 0.1) is 4.88 Å². The third kappa shape index (κ3) is 5.28. The second kappa shape index (κ2) is 9.48. The van der Waals surface area contributed by atoms with E-state index in [2.05, 4.69) is 15.9 Å². The van der Waals surface area contributed by atoms with Crippen molar-refractivity contribution in [1.29, 1.82) is 0 Å². The summed E-state index contributed by atoms with van der Waals surface area (Å²) >= 11 is 1.60. The van der Waals surface area contributed by atoms with Crippen molar-refractivity contribution in [2.75, 3.05) is 59.4 Å². The van der Waals surface area contributed by atoms with E-state index >= 15 is 0 Å². The first kappa shape index (κ1) is 19.3. The number of hydrogen-bond acceptors (Lipinski definition) is 5. The monoisotopic (exact) mass is 378 g/mol. The molecule has 144 valence electrons. The number of piperidine rings is 1. The van der Waals surface area contributed by atoms with Gasteiger partial charge in [-0.2, -0.15) is 0 Å². The Morgan fingerprint density at radius 2 is 1.81 bits per heavy atom. The predicted octanol–water partition coefficient (Wildman–Crippen LogP) is 1.58. The van der Waals surface area contributed by atoms with Crippen LogP contribution < -0.4 is 0 Å². The second-order valence-electron chi connectivity index (χ2n) is 7.31. The second-order valence-corrected chi connectivity index (χ2v) is 8.48. The Morgan fingerprint density at radius 1 is 1.08 bits per heavy atom. The zero-order valence-electron chi connectivity index (χ0n) is 15.7. The minimum atomic E-state index is 0.129. The molecule has 0 bridgehead atoms. The zero-order valence-corrected chi connectivity index (χ0v) is 16.5. The van der Waals surface area contributed by atoms with Gasteiger partial charge < -0.3 is 14.7 Å². The van der Waals surface area contributed by atoms with Crippen molar-refractivity contribution in [2.24, 2.45) is 0 Å². The van der Waals surface area contributed by atoms with E-state index in [-0.39, 0.29) is 5.91 Å². The Bertz CT molecular complexity index is 592. The molecule has 1 aromatic heterocycles. The van der Waals surface area contributed by atoms with E-state index in [0.717, 1.165) is 57.1 Å². The van der Waals surface area contributed by atoms with E-state index in [1.54, 1.807) is 11.3 Å². The van der Waals surface area contributed by atoms with Gasteiger partial charge >= 0.3 is 0 Å². The number of thiophene rings is 1. The van der Waals surface area contributed by atoms with Gasteiger partial charge in [0.25, 0.3) is 5.91 Å². The molecule has 0 saturated carbocycles. The van der Waals surface area contributed by atoms with E-state index in [4.69, 9.17) is 0 Å². The molecule has 0 unspecified atom stereocenters. The molecule has 3 rings (SSSR count). The number of carbonyl (C=O) groups excluding carboxylic acids is 2. The number of nitrogens with zero attached hydrogens (tertiary/aromatic N) is 4. The smallest absolute Gasteiger partial charge is 0.263 e. The van der Waals surface area contributed by atoms with Crippen LogP contribution in [0.2, 0.25) is 0 Å². The van der Waals surface area contributed by atoms with Crippen LogP contribution in [0, 0.1) is 0 Å². The van der Waals surface area contributed by atoms with Crippen LogP contribution in [0.5, 0.6) is 0 Å². The molecule has 0 aromatic carbocycles. The fourth-order valence-corrected chi connectivity index (χ4v) is 4.63. The molecular formula is C19H30N4O2S. The lowest BCUT2D eigenvalue weighted by Crippen LogP contribution is -2.45. The normalized spacial score (nSPS) is 19.5. The third-order valence-corrected chi connectivity index (χ3v) is 6.41. The molecule has 0 N–H and O–H groups in total. The summed E-state index contributed by atoms with van der Waals surface area (Å²) in [5, 5.41) is 0. The lowest BCUT2D eigenvalue weighted by atomic mass is 10.1. The largest absolute Gasteiger partial charge is 0.343 e. The van der Waals surface area contributed by atoms with Gasteiger partial charge in [-0.15, -0.1) is 11.3 Å². The fourth-order valence-electron chi connectivity index (χ4n) is 3.59. The fraction of sp³-hybridized carbons (Fsp3) is 0.684. The van der Waals surface area contributed by atoms with Crippen molar-refractivity contribution >= 4 is 23.7 Å². The van der Waals surface area contributed by atoms with Crippen molar-refractivity contribution < 1.29 is 9.59 Å². The highest BCUT2D eigenvalue weighted by atomic mass is 32.1. The first-order chi connectivity index (χ1) is 12.7. The number of carbonyl (C=O) groups is 2. The molecule has 6 nitrogen and oxygen atoms in total. The number of rotatable bonds is 7. The Kier molecular flexibility index (Phi) is 7.05. The topological polar surface area (TPSA) is 47.1 Å². The summed E-state index contributed by atoms with van der Waals surface area (Å²) in [5.41, 5.74) is 0. The molecule has 7 heteroatoms. The van der Waals surface area contributed by atoms with Crippen LogP contribution in [-0.2, 0) is 11.3 Å². The summed E-state index contributed by atoms with van der Waals surface area (Å²) in [6.07, 6.45) is 4.84. The molecule has 2 aliphatic heterocycles. The average molecular weight is 379 g/mol. The molecule has 2 amide bonds. The Balaban J connectivity index is 1.45. The number of piperazine rings is 1. The van der Waals surface area contributed by atoms with Crippen molar-refractivity contribution in [3.05, 3.63) is 21.9 Å². The minimum absolute atomic E-state index is 0.129. The van der Waals surface area contributed by atoms with Crippen molar-refractivity contribution in [3.8, 4) is 0 Å². The van der Waals surface area contributed by atoms with Crippen LogP contribution in [0.25, 0.3) is 0 Å². The summed E-state index contributed by atoms with van der Waals surface area (Å²) in [6, 6.07) is 4.03. The van der Waals surface area contributed by atoms with Crippen LogP contribution in [0.3, 0.4) is 0 Å². The van der Waals surface area contributed by atoms with Crippen LogP contribution in [0.4, 0.5) is 0 Å². The first-order valence-electron chi connectivity index (χ1n) is 9.64. The van der Waals surface area contributed by atoms with Gasteiger partial charge in [0, 0.05) is 57.7 Å². The number of likely N-dealkylation sites (tertiary alicyclic amines) is 1. The van der Waals surface area contributed by atoms with Gasteiger partial charge in [-0.3, -0.25) is 14.5 Å². The van der Waals surface area contributed by atoms with Gasteiger partial charge in [-0.05, 0) is 38.1 Å². The van der Waals surface area contributed by atoms with Gasteiger partial charge in [0.1, 0.15) is 0 Å². The molecule has 0 spiro atoms. The average Bonchev–Trinajstić information content (AvgIpc) is 3.15. The Morgan fingerprint density at radius 3 is 2.50 bits per heavy atom. The maximum Gasteiger partial charge on any atom is 0.263 e. The molecular weight excluding hydrogens is 348 g/mol. The Labute approximate surface area is 160 Å². The predicted molar refractivity (Wildman–Crippen MR) is 104 cm³/mol. The van der Waals surface area contributed by atoms with Crippen LogP contribution in [0.15, 0.2) is 12.1 Å². The highest BCUT2D eigenvalue weighted by Gasteiger charge is 2.19. The maximum atomic E-state index is 12.7. The summed E-state index contributed by atoms with van der Waals surface area (Å²) in [6.45, 7) is 8.35. The van der Waals surface area contributed by atoms with Gasteiger partial charge in [-0.25, -0.2) is 0 Å². The van der Waals surface area contributed by atoms with E-state index < -0.39 is 0 Å². The minimum Gasteiger partial charge on any atom is -0.343 e. The van der Waals surface area contributed by atoms with Crippen molar-refractivity contribution in [1.82, 2.24) is 19.6 Å². The molecule has 2 aliphatic rings. The standard InChI is InChI=1S/C19H30N4O2S/c1-20(9-10-21-7-3-2-4-8-21)19(25)18-6-5-17(26-18)15-22-11-13-23(16-24)14-12-22/h5-6,16H,2-4,7-15H2,1H3. The summed E-state index contributed by atoms with van der Waals surface area (Å²) in [4.78, 5) is 34.0. The summed E-state index contributed by atoms with van der Waals surface area (Å²) < 4.78 is 0. The molecule has 26 heavy (non-hydrogen) atoms. The third-order valence-electron chi connectivity index (χ3n) is 5.35.